The van der Waals surface area contributed by atoms with Gasteiger partial charge in [-0.25, -0.2) is 0 Å². The Balaban J connectivity index is 1.30. The molecule has 2 amide bonds. The highest BCUT2D eigenvalue weighted by Crippen LogP contribution is 2.60. The number of hydrogen-bond acceptors (Lipinski definition) is 2. The molecule has 4 aliphatic carbocycles. The van der Waals surface area contributed by atoms with Gasteiger partial charge in [0.05, 0.1) is 0 Å². The minimum absolute atomic E-state index is 0.0360. The van der Waals surface area contributed by atoms with Gasteiger partial charge in [0.15, 0.2) is 0 Å². The lowest BCUT2D eigenvalue weighted by Gasteiger charge is -2.55. The van der Waals surface area contributed by atoms with E-state index in [2.05, 4.69) is 22.8 Å². The molecular formula is C25H36N2O2. The van der Waals surface area contributed by atoms with E-state index in [1.165, 1.54) is 24.8 Å². The van der Waals surface area contributed by atoms with Crippen LogP contribution in [0.1, 0.15) is 64.4 Å². The first kappa shape index (κ1) is 20.4. The number of benzene rings is 1. The zero-order valence-electron chi connectivity index (χ0n) is 18.0. The van der Waals surface area contributed by atoms with Crippen molar-refractivity contribution in [3.05, 3.63) is 35.9 Å². The van der Waals surface area contributed by atoms with Crippen molar-refractivity contribution >= 4 is 11.8 Å². The maximum Gasteiger partial charge on any atom is 0.242 e. The molecule has 4 fully saturated rings. The lowest BCUT2D eigenvalue weighted by atomic mass is 9.49. The highest BCUT2D eigenvalue weighted by atomic mass is 16.2. The van der Waals surface area contributed by atoms with Gasteiger partial charge < -0.3 is 10.6 Å². The van der Waals surface area contributed by atoms with Gasteiger partial charge in [0.2, 0.25) is 11.8 Å². The zero-order valence-corrected chi connectivity index (χ0v) is 18.0. The lowest BCUT2D eigenvalue weighted by molar-refractivity contribution is -0.149. The Morgan fingerprint density at radius 2 is 1.59 bits per heavy atom. The molecule has 4 nitrogen and oxygen atoms in total. The Kier molecular flexibility index (Phi) is 5.98. The molecule has 2 N–H and O–H groups in total. The largest absolute Gasteiger partial charge is 0.354 e. The topological polar surface area (TPSA) is 58.2 Å². The highest BCUT2D eigenvalue weighted by molar-refractivity contribution is 5.90. The minimum atomic E-state index is -0.438. The van der Waals surface area contributed by atoms with Crippen molar-refractivity contribution in [1.29, 1.82) is 0 Å². The fraction of sp³-hybridized carbons (Fsp3) is 0.680. The monoisotopic (exact) mass is 396 g/mol. The van der Waals surface area contributed by atoms with Gasteiger partial charge in [-0.15, -0.1) is 0 Å². The Morgan fingerprint density at radius 1 is 1.00 bits per heavy atom. The van der Waals surface area contributed by atoms with Crippen LogP contribution in [-0.2, 0) is 16.0 Å². The van der Waals surface area contributed by atoms with E-state index in [-0.39, 0.29) is 23.1 Å². The number of carbonyl (C=O) groups is 2. The predicted octanol–water partition coefficient (Wildman–Crippen LogP) is 4.09. The molecule has 4 aliphatic rings. The summed E-state index contributed by atoms with van der Waals surface area (Å²) >= 11 is 0. The molecule has 158 valence electrons. The van der Waals surface area contributed by atoms with E-state index in [1.807, 2.05) is 32.0 Å². The van der Waals surface area contributed by atoms with Crippen molar-refractivity contribution in [1.82, 2.24) is 10.6 Å². The Morgan fingerprint density at radius 3 is 2.14 bits per heavy atom. The molecule has 4 bridgehead atoms. The molecule has 4 saturated carbocycles. The molecule has 0 saturated heterocycles. The van der Waals surface area contributed by atoms with Crippen molar-refractivity contribution in [2.75, 3.05) is 6.54 Å². The average Bonchev–Trinajstić information content (AvgIpc) is 2.68. The van der Waals surface area contributed by atoms with Crippen LogP contribution in [0.5, 0.6) is 0 Å². The predicted molar refractivity (Wildman–Crippen MR) is 115 cm³/mol. The maximum absolute atomic E-state index is 13.3. The molecular weight excluding hydrogens is 360 g/mol. The summed E-state index contributed by atoms with van der Waals surface area (Å²) in [6.07, 6.45) is 8.93. The van der Waals surface area contributed by atoms with E-state index in [9.17, 15) is 9.59 Å². The normalized spacial score (nSPS) is 30.9. The van der Waals surface area contributed by atoms with Gasteiger partial charge >= 0.3 is 0 Å². The first-order chi connectivity index (χ1) is 13.9. The third-order valence-electron chi connectivity index (χ3n) is 7.54. The van der Waals surface area contributed by atoms with Crippen molar-refractivity contribution in [3.63, 3.8) is 0 Å². The number of hydrogen-bond donors (Lipinski definition) is 2. The van der Waals surface area contributed by atoms with Crippen LogP contribution in [-0.4, -0.2) is 24.4 Å². The second-order valence-electron chi connectivity index (χ2n) is 10.3. The quantitative estimate of drug-likeness (QED) is 0.650. The van der Waals surface area contributed by atoms with E-state index < -0.39 is 6.04 Å². The fourth-order valence-corrected chi connectivity index (χ4v) is 6.48. The standard InChI is InChI=1S/C25H36N2O2/c1-17(2)22(23(28)26-10-6-9-18-7-4-3-5-8-18)27-24(29)25-14-19-11-20(15-25)13-21(12-19)16-25/h3-5,7-8,17,19-22H,6,9-16H2,1-2H3,(H,26,28)(H,27,29). The van der Waals surface area contributed by atoms with Crippen molar-refractivity contribution in [2.24, 2.45) is 29.1 Å². The first-order valence-electron chi connectivity index (χ1n) is 11.6. The summed E-state index contributed by atoms with van der Waals surface area (Å²) in [6.45, 7) is 4.69. The highest BCUT2D eigenvalue weighted by Gasteiger charge is 2.55. The number of aryl methyl sites for hydroxylation is 1. The number of nitrogens with one attached hydrogen (secondary N) is 2. The molecule has 0 aliphatic heterocycles. The summed E-state index contributed by atoms with van der Waals surface area (Å²) in [5.74, 6) is 2.40. The van der Waals surface area contributed by atoms with E-state index in [4.69, 9.17) is 0 Å². The molecule has 1 aromatic carbocycles. The molecule has 1 atom stereocenters. The zero-order chi connectivity index (χ0) is 20.4. The van der Waals surface area contributed by atoms with Crippen LogP contribution < -0.4 is 10.6 Å². The molecule has 29 heavy (non-hydrogen) atoms. The molecule has 0 heterocycles. The Bertz CT molecular complexity index is 692. The molecule has 4 heteroatoms. The van der Waals surface area contributed by atoms with Crippen LogP contribution in [0.4, 0.5) is 0 Å². The minimum Gasteiger partial charge on any atom is -0.354 e. The molecule has 1 aromatic rings. The smallest absolute Gasteiger partial charge is 0.242 e. The Labute approximate surface area is 175 Å². The summed E-state index contributed by atoms with van der Waals surface area (Å²) in [4.78, 5) is 26.2. The van der Waals surface area contributed by atoms with E-state index in [0.717, 1.165) is 49.9 Å². The van der Waals surface area contributed by atoms with Crippen molar-refractivity contribution in [2.45, 2.75) is 71.3 Å². The molecule has 1 unspecified atom stereocenters. The van der Waals surface area contributed by atoms with Crippen LogP contribution in [0.25, 0.3) is 0 Å². The average molecular weight is 397 g/mol. The van der Waals surface area contributed by atoms with Crippen LogP contribution in [0.2, 0.25) is 0 Å². The molecule has 5 rings (SSSR count). The van der Waals surface area contributed by atoms with Gasteiger partial charge in [0.1, 0.15) is 6.04 Å². The third kappa shape index (κ3) is 4.51. The van der Waals surface area contributed by atoms with Crippen LogP contribution in [0.3, 0.4) is 0 Å². The van der Waals surface area contributed by atoms with E-state index in [1.54, 1.807) is 0 Å². The summed E-state index contributed by atoms with van der Waals surface area (Å²) in [7, 11) is 0. The first-order valence-corrected chi connectivity index (χ1v) is 11.6. The van der Waals surface area contributed by atoms with E-state index in [0.29, 0.717) is 6.54 Å². The van der Waals surface area contributed by atoms with Gasteiger partial charge in [0, 0.05) is 12.0 Å². The summed E-state index contributed by atoms with van der Waals surface area (Å²) < 4.78 is 0. The van der Waals surface area contributed by atoms with Crippen molar-refractivity contribution in [3.8, 4) is 0 Å². The van der Waals surface area contributed by atoms with Gasteiger partial charge in [-0.2, -0.15) is 0 Å². The lowest BCUT2D eigenvalue weighted by Crippen LogP contribution is -2.58. The maximum atomic E-state index is 13.3. The fourth-order valence-electron chi connectivity index (χ4n) is 6.48. The SMILES string of the molecule is CC(C)C(NC(=O)C12CC3CC(CC(C3)C1)C2)C(=O)NCCCc1ccccc1. The van der Waals surface area contributed by atoms with Gasteiger partial charge in [-0.1, -0.05) is 44.2 Å². The number of amides is 2. The second kappa shape index (κ2) is 8.49. The third-order valence-corrected chi connectivity index (χ3v) is 7.54. The Hall–Kier alpha value is -1.84. The number of rotatable bonds is 8. The molecule has 0 spiro atoms. The molecule has 0 radical (unpaired) electrons. The van der Waals surface area contributed by atoms with Crippen LogP contribution in [0, 0.1) is 29.1 Å². The van der Waals surface area contributed by atoms with Crippen molar-refractivity contribution < 1.29 is 9.59 Å². The molecule has 0 aromatic heterocycles. The second-order valence-corrected chi connectivity index (χ2v) is 10.3. The van der Waals surface area contributed by atoms with Gasteiger partial charge in [-0.05, 0) is 80.6 Å². The van der Waals surface area contributed by atoms with Gasteiger partial charge in [0.25, 0.3) is 0 Å². The van der Waals surface area contributed by atoms with Crippen LogP contribution in [0.15, 0.2) is 30.3 Å². The summed E-state index contributed by atoms with van der Waals surface area (Å²) in [5.41, 5.74) is 1.09. The number of carbonyl (C=O) groups excluding carboxylic acids is 2. The van der Waals surface area contributed by atoms with Crippen LogP contribution >= 0.6 is 0 Å². The van der Waals surface area contributed by atoms with Gasteiger partial charge in [-0.3, -0.25) is 9.59 Å². The van der Waals surface area contributed by atoms with E-state index >= 15 is 0 Å². The summed E-state index contributed by atoms with van der Waals surface area (Å²) in [6, 6.07) is 9.90. The summed E-state index contributed by atoms with van der Waals surface area (Å²) in [5, 5.41) is 6.24.